The second-order valence-corrected chi connectivity index (χ2v) is 3.21. The van der Waals surface area contributed by atoms with Gasteiger partial charge in [0, 0.05) is 12.6 Å². The van der Waals surface area contributed by atoms with Crippen molar-refractivity contribution in [2.45, 2.75) is 51.7 Å². The van der Waals surface area contributed by atoms with Crippen molar-refractivity contribution in [2.75, 3.05) is 6.54 Å². The predicted molar refractivity (Wildman–Crippen MR) is 47.7 cm³/mol. The summed E-state index contributed by atoms with van der Waals surface area (Å²) < 4.78 is 35.3. The molecule has 13 heavy (non-hydrogen) atoms. The Kier molecular flexibility index (Phi) is 6.12. The molecule has 0 fully saturated rings. The molecule has 0 aromatic heterocycles. The summed E-state index contributed by atoms with van der Waals surface area (Å²) in [5.41, 5.74) is 0. The first-order valence-corrected chi connectivity index (χ1v) is 4.79. The Bertz CT molecular complexity index is 123. The minimum Gasteiger partial charge on any atom is -0.314 e. The Morgan fingerprint density at radius 2 is 1.85 bits per heavy atom. The van der Waals surface area contributed by atoms with Crippen LogP contribution in [0.25, 0.3) is 0 Å². The molecule has 1 unspecified atom stereocenters. The van der Waals surface area contributed by atoms with Crippen LogP contribution in [-0.4, -0.2) is 18.8 Å². The zero-order chi connectivity index (χ0) is 10.3. The van der Waals surface area contributed by atoms with Crippen LogP contribution in [0, 0.1) is 0 Å². The van der Waals surface area contributed by atoms with Crippen molar-refractivity contribution in [1.82, 2.24) is 5.32 Å². The maximum atomic E-state index is 11.8. The SMILES string of the molecule is CCCC(CC)NCCC(F)(F)F. The van der Waals surface area contributed by atoms with E-state index in [1.165, 1.54) is 0 Å². The predicted octanol–water partition coefficient (Wildman–Crippen LogP) is 3.11. The van der Waals surface area contributed by atoms with Crippen molar-refractivity contribution in [3.8, 4) is 0 Å². The van der Waals surface area contributed by atoms with Gasteiger partial charge in [-0.1, -0.05) is 20.3 Å². The van der Waals surface area contributed by atoms with E-state index in [2.05, 4.69) is 5.32 Å². The van der Waals surface area contributed by atoms with Gasteiger partial charge in [-0.3, -0.25) is 0 Å². The number of hydrogen-bond donors (Lipinski definition) is 1. The summed E-state index contributed by atoms with van der Waals surface area (Å²) in [6, 6.07) is 0.243. The molecule has 1 nitrogen and oxygen atoms in total. The van der Waals surface area contributed by atoms with Crippen molar-refractivity contribution in [3.63, 3.8) is 0 Å². The number of rotatable bonds is 6. The molecule has 0 spiro atoms. The summed E-state index contributed by atoms with van der Waals surface area (Å²) in [5.74, 6) is 0. The monoisotopic (exact) mass is 197 g/mol. The molecule has 0 aromatic carbocycles. The van der Waals surface area contributed by atoms with Gasteiger partial charge in [0.05, 0.1) is 6.42 Å². The van der Waals surface area contributed by atoms with Crippen LogP contribution in [0.4, 0.5) is 13.2 Å². The first kappa shape index (κ1) is 12.8. The largest absolute Gasteiger partial charge is 0.390 e. The van der Waals surface area contributed by atoms with Gasteiger partial charge >= 0.3 is 6.18 Å². The quantitative estimate of drug-likeness (QED) is 0.690. The van der Waals surface area contributed by atoms with E-state index in [1.54, 1.807) is 0 Å². The average molecular weight is 197 g/mol. The molecule has 80 valence electrons. The molecule has 0 rings (SSSR count). The van der Waals surface area contributed by atoms with Gasteiger partial charge in [-0.2, -0.15) is 13.2 Å². The van der Waals surface area contributed by atoms with E-state index in [1.807, 2.05) is 13.8 Å². The van der Waals surface area contributed by atoms with E-state index in [-0.39, 0.29) is 12.6 Å². The Labute approximate surface area is 77.7 Å². The van der Waals surface area contributed by atoms with Gasteiger partial charge < -0.3 is 5.32 Å². The number of alkyl halides is 3. The lowest BCUT2D eigenvalue weighted by atomic mass is 10.1. The van der Waals surface area contributed by atoms with Gasteiger partial charge in [-0.15, -0.1) is 0 Å². The Morgan fingerprint density at radius 1 is 1.23 bits per heavy atom. The molecule has 0 aromatic rings. The summed E-state index contributed by atoms with van der Waals surface area (Å²) in [7, 11) is 0. The lowest BCUT2D eigenvalue weighted by Gasteiger charge is -2.16. The standard InChI is InChI=1S/C9H18F3N/c1-3-5-8(4-2)13-7-6-9(10,11)12/h8,13H,3-7H2,1-2H3. The molecule has 0 aliphatic carbocycles. The molecule has 0 aliphatic rings. The summed E-state index contributed by atoms with van der Waals surface area (Å²) >= 11 is 0. The van der Waals surface area contributed by atoms with Crippen molar-refractivity contribution < 1.29 is 13.2 Å². The lowest BCUT2D eigenvalue weighted by Crippen LogP contribution is -2.31. The van der Waals surface area contributed by atoms with Crippen LogP contribution in [-0.2, 0) is 0 Å². The summed E-state index contributed by atoms with van der Waals surface area (Å²) in [6.07, 6.45) is -1.90. The molecule has 0 saturated carbocycles. The molecule has 0 heterocycles. The summed E-state index contributed by atoms with van der Waals surface area (Å²) in [6.45, 7) is 4.07. The van der Waals surface area contributed by atoms with E-state index in [4.69, 9.17) is 0 Å². The second-order valence-electron chi connectivity index (χ2n) is 3.21. The van der Waals surface area contributed by atoms with Crippen LogP contribution in [0.1, 0.15) is 39.5 Å². The fourth-order valence-electron chi connectivity index (χ4n) is 1.22. The van der Waals surface area contributed by atoms with Crippen LogP contribution >= 0.6 is 0 Å². The minimum atomic E-state index is -4.03. The van der Waals surface area contributed by atoms with E-state index < -0.39 is 12.6 Å². The zero-order valence-electron chi connectivity index (χ0n) is 8.25. The maximum absolute atomic E-state index is 11.8. The highest BCUT2D eigenvalue weighted by Gasteiger charge is 2.26. The van der Waals surface area contributed by atoms with E-state index in [0.29, 0.717) is 0 Å². The highest BCUT2D eigenvalue weighted by atomic mass is 19.4. The topological polar surface area (TPSA) is 12.0 Å². The molecule has 1 N–H and O–H groups in total. The molecule has 0 radical (unpaired) electrons. The highest BCUT2D eigenvalue weighted by molar-refractivity contribution is 4.65. The van der Waals surface area contributed by atoms with E-state index in [0.717, 1.165) is 19.3 Å². The molecule has 0 amide bonds. The third-order valence-corrected chi connectivity index (χ3v) is 1.97. The maximum Gasteiger partial charge on any atom is 0.390 e. The van der Waals surface area contributed by atoms with Gasteiger partial charge in [-0.25, -0.2) is 0 Å². The van der Waals surface area contributed by atoms with Crippen LogP contribution in [0.3, 0.4) is 0 Å². The normalized spacial score (nSPS) is 14.5. The Morgan fingerprint density at radius 3 is 2.23 bits per heavy atom. The van der Waals surface area contributed by atoms with Crippen LogP contribution in [0.5, 0.6) is 0 Å². The molecular weight excluding hydrogens is 179 g/mol. The van der Waals surface area contributed by atoms with Crippen LogP contribution < -0.4 is 5.32 Å². The van der Waals surface area contributed by atoms with Gasteiger partial charge in [-0.05, 0) is 12.8 Å². The number of nitrogens with one attached hydrogen (secondary N) is 1. The number of halogens is 3. The van der Waals surface area contributed by atoms with Crippen LogP contribution in [0.2, 0.25) is 0 Å². The summed E-state index contributed by atoms with van der Waals surface area (Å²) in [4.78, 5) is 0. The second kappa shape index (κ2) is 6.24. The molecule has 1 atom stereocenters. The minimum absolute atomic E-state index is 0.0437. The Hall–Kier alpha value is -0.250. The van der Waals surface area contributed by atoms with Crippen molar-refractivity contribution in [1.29, 1.82) is 0 Å². The molecule has 0 bridgehead atoms. The van der Waals surface area contributed by atoms with Crippen molar-refractivity contribution in [2.24, 2.45) is 0 Å². The Balaban J connectivity index is 3.49. The fraction of sp³-hybridized carbons (Fsp3) is 1.00. The van der Waals surface area contributed by atoms with E-state index in [9.17, 15) is 13.2 Å². The zero-order valence-corrected chi connectivity index (χ0v) is 8.25. The van der Waals surface area contributed by atoms with Gasteiger partial charge in [0.1, 0.15) is 0 Å². The number of hydrogen-bond acceptors (Lipinski definition) is 1. The first-order valence-electron chi connectivity index (χ1n) is 4.79. The summed E-state index contributed by atoms with van der Waals surface area (Å²) in [5, 5.41) is 2.91. The molecule has 4 heteroatoms. The van der Waals surface area contributed by atoms with E-state index >= 15 is 0 Å². The van der Waals surface area contributed by atoms with Crippen molar-refractivity contribution >= 4 is 0 Å². The van der Waals surface area contributed by atoms with Crippen LogP contribution in [0.15, 0.2) is 0 Å². The van der Waals surface area contributed by atoms with Gasteiger partial charge in [0.15, 0.2) is 0 Å². The van der Waals surface area contributed by atoms with Crippen molar-refractivity contribution in [3.05, 3.63) is 0 Å². The third-order valence-electron chi connectivity index (χ3n) is 1.97. The van der Waals surface area contributed by atoms with Gasteiger partial charge in [0.25, 0.3) is 0 Å². The highest BCUT2D eigenvalue weighted by Crippen LogP contribution is 2.18. The lowest BCUT2D eigenvalue weighted by molar-refractivity contribution is -0.133. The fourth-order valence-corrected chi connectivity index (χ4v) is 1.22. The molecule has 0 aliphatic heterocycles. The molecular formula is C9H18F3N. The average Bonchev–Trinajstić information content (AvgIpc) is 2.01. The van der Waals surface area contributed by atoms with Gasteiger partial charge in [0.2, 0.25) is 0 Å². The molecule has 0 saturated heterocycles. The smallest absolute Gasteiger partial charge is 0.314 e. The first-order chi connectivity index (χ1) is 5.99. The third kappa shape index (κ3) is 8.09.